The summed E-state index contributed by atoms with van der Waals surface area (Å²) < 4.78 is 0. The van der Waals surface area contributed by atoms with Gasteiger partial charge < -0.3 is 4.98 Å². The van der Waals surface area contributed by atoms with Gasteiger partial charge in [0.2, 0.25) is 0 Å². The highest BCUT2D eigenvalue weighted by atomic mass is 35.5. The molecule has 3 heteroatoms. The highest BCUT2D eigenvalue weighted by Crippen LogP contribution is 2.26. The summed E-state index contributed by atoms with van der Waals surface area (Å²) in [7, 11) is 0. The first-order valence-corrected chi connectivity index (χ1v) is 5.61. The number of nitrogens with one attached hydrogen (secondary N) is 1. The van der Waals surface area contributed by atoms with Crippen molar-refractivity contribution in [3.63, 3.8) is 0 Å². The molecule has 0 amide bonds. The second kappa shape index (κ2) is 3.86. The van der Waals surface area contributed by atoms with E-state index in [0.717, 1.165) is 16.9 Å². The topological polar surface area (TPSA) is 28.7 Å². The van der Waals surface area contributed by atoms with Gasteiger partial charge in [0.1, 0.15) is 11.3 Å². The number of hydrogen-bond acceptors (Lipinski definition) is 1. The van der Waals surface area contributed by atoms with Crippen molar-refractivity contribution in [1.29, 1.82) is 0 Å². The van der Waals surface area contributed by atoms with E-state index in [9.17, 15) is 0 Å². The first kappa shape index (κ1) is 10.5. The van der Waals surface area contributed by atoms with E-state index in [4.69, 9.17) is 11.6 Å². The quantitative estimate of drug-likeness (QED) is 0.818. The van der Waals surface area contributed by atoms with Crippen LogP contribution in [0, 0.1) is 5.92 Å². The predicted octanol–water partition coefficient (Wildman–Crippen LogP) is 3.98. The van der Waals surface area contributed by atoms with Crippen molar-refractivity contribution in [2.75, 3.05) is 0 Å². The first-order valence-electron chi connectivity index (χ1n) is 5.23. The van der Waals surface area contributed by atoms with Gasteiger partial charge in [-0.3, -0.25) is 0 Å². The van der Waals surface area contributed by atoms with Crippen molar-refractivity contribution < 1.29 is 0 Å². The van der Waals surface area contributed by atoms with Crippen LogP contribution in [0.15, 0.2) is 18.2 Å². The number of H-pyrrole nitrogens is 1. The summed E-state index contributed by atoms with van der Waals surface area (Å²) in [4.78, 5) is 7.87. The van der Waals surface area contributed by atoms with Crippen LogP contribution >= 0.6 is 11.6 Å². The summed E-state index contributed by atoms with van der Waals surface area (Å²) in [5, 5.41) is 0.714. The summed E-state index contributed by atoms with van der Waals surface area (Å²) in [6, 6.07) is 5.81. The summed E-state index contributed by atoms with van der Waals surface area (Å²) in [5.74, 6) is 2.02. The Kier molecular flexibility index (Phi) is 2.70. The van der Waals surface area contributed by atoms with Crippen molar-refractivity contribution in [3.8, 4) is 0 Å². The van der Waals surface area contributed by atoms with E-state index in [-0.39, 0.29) is 0 Å². The number of para-hydroxylation sites is 1. The number of rotatable bonds is 2. The van der Waals surface area contributed by atoms with Crippen LogP contribution < -0.4 is 0 Å². The third-order valence-electron chi connectivity index (χ3n) is 2.91. The molecule has 0 aliphatic carbocycles. The number of hydrogen-bond donors (Lipinski definition) is 1. The number of aromatic nitrogens is 2. The summed E-state index contributed by atoms with van der Waals surface area (Å²) in [5.41, 5.74) is 1.90. The molecule has 1 aromatic heterocycles. The largest absolute Gasteiger partial charge is 0.342 e. The molecule has 0 spiro atoms. The second-order valence-electron chi connectivity index (χ2n) is 4.29. The molecule has 0 aliphatic heterocycles. The SMILES string of the molecule is CC(C)C(C)c1nc2c(Cl)cccc2[nH]1. The van der Waals surface area contributed by atoms with Crippen LogP contribution in [0.4, 0.5) is 0 Å². The minimum Gasteiger partial charge on any atom is -0.342 e. The highest BCUT2D eigenvalue weighted by Gasteiger charge is 2.14. The molecule has 1 atom stereocenters. The molecule has 1 aromatic carbocycles. The fourth-order valence-electron chi connectivity index (χ4n) is 1.55. The number of imidazole rings is 1. The lowest BCUT2D eigenvalue weighted by molar-refractivity contribution is 0.515. The molecule has 2 rings (SSSR count). The van der Waals surface area contributed by atoms with E-state index >= 15 is 0 Å². The van der Waals surface area contributed by atoms with Gasteiger partial charge in [-0.2, -0.15) is 0 Å². The Morgan fingerprint density at radius 2 is 2.00 bits per heavy atom. The molecule has 80 valence electrons. The standard InChI is InChI=1S/C12H15ClN2/c1-7(2)8(3)12-14-10-6-4-5-9(13)11(10)15-12/h4-8H,1-3H3,(H,14,15). The molecule has 0 fully saturated rings. The number of fused-ring (bicyclic) bond motifs is 1. The third-order valence-corrected chi connectivity index (χ3v) is 3.22. The zero-order valence-corrected chi connectivity index (χ0v) is 9.97. The summed E-state index contributed by atoms with van der Waals surface area (Å²) in [6.45, 7) is 6.56. The van der Waals surface area contributed by atoms with Crippen LogP contribution in [0.3, 0.4) is 0 Å². The van der Waals surface area contributed by atoms with Crippen LogP contribution in [0.5, 0.6) is 0 Å². The number of aromatic amines is 1. The maximum atomic E-state index is 6.07. The van der Waals surface area contributed by atoms with E-state index in [1.807, 2.05) is 18.2 Å². The summed E-state index contributed by atoms with van der Waals surface area (Å²) >= 11 is 6.07. The molecule has 0 radical (unpaired) electrons. The van der Waals surface area contributed by atoms with Gasteiger partial charge in [-0.25, -0.2) is 4.98 Å². The maximum absolute atomic E-state index is 6.07. The number of benzene rings is 1. The lowest BCUT2D eigenvalue weighted by Crippen LogP contribution is -2.03. The normalized spacial score (nSPS) is 13.7. The summed E-state index contributed by atoms with van der Waals surface area (Å²) in [6.07, 6.45) is 0. The average Bonchev–Trinajstić information content (AvgIpc) is 2.61. The van der Waals surface area contributed by atoms with Crippen LogP contribution in [0.1, 0.15) is 32.5 Å². The second-order valence-corrected chi connectivity index (χ2v) is 4.70. The molecule has 1 N–H and O–H groups in total. The molecule has 1 unspecified atom stereocenters. The molecule has 2 nitrogen and oxygen atoms in total. The molecule has 0 saturated carbocycles. The van der Waals surface area contributed by atoms with Crippen LogP contribution in [0.25, 0.3) is 11.0 Å². The number of halogens is 1. The molecule has 1 heterocycles. The monoisotopic (exact) mass is 222 g/mol. The lowest BCUT2D eigenvalue weighted by atomic mass is 9.98. The van der Waals surface area contributed by atoms with E-state index < -0.39 is 0 Å². The first-order chi connectivity index (χ1) is 7.09. The fraction of sp³-hybridized carbons (Fsp3) is 0.417. The van der Waals surface area contributed by atoms with Gasteiger partial charge in [-0.1, -0.05) is 38.4 Å². The van der Waals surface area contributed by atoms with Gasteiger partial charge in [0, 0.05) is 5.92 Å². The zero-order valence-electron chi connectivity index (χ0n) is 9.21. The van der Waals surface area contributed by atoms with Crippen LogP contribution in [-0.2, 0) is 0 Å². The lowest BCUT2D eigenvalue weighted by Gasteiger charge is -2.11. The molecular formula is C12H15ClN2. The van der Waals surface area contributed by atoms with E-state index in [1.165, 1.54) is 0 Å². The number of nitrogens with zero attached hydrogens (tertiary/aromatic N) is 1. The molecule has 15 heavy (non-hydrogen) atoms. The minimum atomic E-state index is 0.425. The fourth-order valence-corrected chi connectivity index (χ4v) is 1.76. The maximum Gasteiger partial charge on any atom is 0.110 e. The van der Waals surface area contributed by atoms with Crippen molar-refractivity contribution in [2.45, 2.75) is 26.7 Å². The van der Waals surface area contributed by atoms with Gasteiger partial charge in [0.25, 0.3) is 0 Å². The Bertz CT molecular complexity index is 473. The molecule has 0 saturated heterocycles. The molecular weight excluding hydrogens is 208 g/mol. The highest BCUT2D eigenvalue weighted by molar-refractivity contribution is 6.34. The van der Waals surface area contributed by atoms with Gasteiger partial charge in [-0.15, -0.1) is 0 Å². The zero-order chi connectivity index (χ0) is 11.0. The van der Waals surface area contributed by atoms with Gasteiger partial charge in [0.15, 0.2) is 0 Å². The Hall–Kier alpha value is -1.02. The van der Waals surface area contributed by atoms with Gasteiger partial charge >= 0.3 is 0 Å². The van der Waals surface area contributed by atoms with E-state index in [1.54, 1.807) is 0 Å². The predicted molar refractivity (Wildman–Crippen MR) is 64.4 cm³/mol. The van der Waals surface area contributed by atoms with Crippen molar-refractivity contribution in [3.05, 3.63) is 29.0 Å². The van der Waals surface area contributed by atoms with E-state index in [0.29, 0.717) is 16.9 Å². The van der Waals surface area contributed by atoms with Crippen molar-refractivity contribution >= 4 is 22.6 Å². The molecule has 2 aromatic rings. The molecule has 0 bridgehead atoms. The Labute approximate surface area is 94.7 Å². The van der Waals surface area contributed by atoms with Gasteiger partial charge in [-0.05, 0) is 18.1 Å². The smallest absolute Gasteiger partial charge is 0.110 e. The van der Waals surface area contributed by atoms with Gasteiger partial charge in [0.05, 0.1) is 10.5 Å². The van der Waals surface area contributed by atoms with Crippen molar-refractivity contribution in [2.24, 2.45) is 5.92 Å². The minimum absolute atomic E-state index is 0.425. The van der Waals surface area contributed by atoms with Crippen molar-refractivity contribution in [1.82, 2.24) is 9.97 Å². The van der Waals surface area contributed by atoms with Crippen LogP contribution in [-0.4, -0.2) is 9.97 Å². The Morgan fingerprint density at radius 1 is 1.27 bits per heavy atom. The van der Waals surface area contributed by atoms with Crippen LogP contribution in [0.2, 0.25) is 5.02 Å². The Morgan fingerprint density at radius 3 is 2.60 bits per heavy atom. The Balaban J connectivity index is 2.52. The molecule has 0 aliphatic rings. The third kappa shape index (κ3) is 1.86. The van der Waals surface area contributed by atoms with E-state index in [2.05, 4.69) is 30.7 Å². The average molecular weight is 223 g/mol.